The summed E-state index contributed by atoms with van der Waals surface area (Å²) in [6.45, 7) is 9.31. The van der Waals surface area contributed by atoms with E-state index in [1.54, 1.807) is 39.0 Å². The van der Waals surface area contributed by atoms with E-state index in [-0.39, 0.29) is 5.92 Å². The minimum atomic E-state index is -0.588. The van der Waals surface area contributed by atoms with Crippen LogP contribution >= 0.6 is 35.0 Å². The summed E-state index contributed by atoms with van der Waals surface area (Å²) in [7, 11) is 0. The quantitative estimate of drug-likeness (QED) is 0.574. The van der Waals surface area contributed by atoms with Gasteiger partial charge in [0.2, 0.25) is 5.89 Å². The largest absolute Gasteiger partial charge is 0.444 e. The predicted octanol–water partition coefficient (Wildman–Crippen LogP) is 5.89. The summed E-state index contributed by atoms with van der Waals surface area (Å²) in [4.78, 5) is 12.1. The molecule has 0 fully saturated rings. The van der Waals surface area contributed by atoms with Crippen LogP contribution in [0.25, 0.3) is 0 Å². The number of thioether (sulfide) groups is 1. The Morgan fingerprint density at radius 3 is 2.44 bits per heavy atom. The summed E-state index contributed by atoms with van der Waals surface area (Å²) in [5.74, 6) is 0.851. The fourth-order valence-electron chi connectivity index (χ4n) is 2.16. The first-order chi connectivity index (χ1) is 12.6. The monoisotopic (exact) mass is 431 g/mol. The highest BCUT2D eigenvalue weighted by Gasteiger charge is 2.27. The topological polar surface area (TPSA) is 77.2 Å². The van der Waals surface area contributed by atoms with Gasteiger partial charge in [0.05, 0.1) is 0 Å². The average Bonchev–Trinajstić information content (AvgIpc) is 2.98. The maximum Gasteiger partial charge on any atom is 0.408 e. The van der Waals surface area contributed by atoms with Gasteiger partial charge in [0.1, 0.15) is 11.6 Å². The van der Waals surface area contributed by atoms with E-state index >= 15 is 0 Å². The highest BCUT2D eigenvalue weighted by Crippen LogP contribution is 2.32. The van der Waals surface area contributed by atoms with Crippen molar-refractivity contribution in [1.82, 2.24) is 15.5 Å². The highest BCUT2D eigenvalue weighted by molar-refractivity contribution is 7.98. The normalized spacial score (nSPS) is 12.9. The molecule has 0 saturated heterocycles. The molecule has 0 radical (unpaired) electrons. The van der Waals surface area contributed by atoms with E-state index in [4.69, 9.17) is 32.4 Å². The third-order valence-electron chi connectivity index (χ3n) is 3.43. The van der Waals surface area contributed by atoms with Crippen molar-refractivity contribution in [3.63, 3.8) is 0 Å². The molecule has 1 aromatic carbocycles. The summed E-state index contributed by atoms with van der Waals surface area (Å²) in [5.41, 5.74) is 0.216. The van der Waals surface area contributed by atoms with E-state index in [0.717, 1.165) is 5.56 Å². The zero-order valence-corrected chi connectivity index (χ0v) is 18.2. The van der Waals surface area contributed by atoms with Gasteiger partial charge in [0.25, 0.3) is 5.22 Å². The Balaban J connectivity index is 2.06. The van der Waals surface area contributed by atoms with Gasteiger partial charge in [0.15, 0.2) is 0 Å². The molecule has 2 rings (SSSR count). The number of amides is 1. The fourth-order valence-corrected chi connectivity index (χ4v) is 3.67. The number of rotatable bonds is 6. The molecule has 6 nitrogen and oxygen atoms in total. The Hall–Kier alpha value is -1.44. The molecule has 0 aliphatic carbocycles. The molecule has 2 aromatic rings. The number of carbonyl (C=O) groups excluding carboxylic acids is 1. The Morgan fingerprint density at radius 2 is 1.89 bits per heavy atom. The number of hydrogen-bond donors (Lipinski definition) is 1. The standard InChI is InChI=1S/C18H23Cl2N3O3S/c1-10(2)14(21-16(24)26-18(3,4)5)15-22-23-17(25-15)27-9-11-12(19)7-6-8-13(11)20/h6-8,10,14H,9H2,1-5H3,(H,21,24). The van der Waals surface area contributed by atoms with Crippen LogP contribution in [0.3, 0.4) is 0 Å². The molecular weight excluding hydrogens is 409 g/mol. The fraction of sp³-hybridized carbons (Fsp3) is 0.500. The molecule has 0 spiro atoms. The third-order valence-corrected chi connectivity index (χ3v) is 4.98. The van der Waals surface area contributed by atoms with Crippen molar-refractivity contribution in [1.29, 1.82) is 0 Å². The SMILES string of the molecule is CC(C)C(NC(=O)OC(C)(C)C)c1nnc(SCc2c(Cl)cccc2Cl)o1. The van der Waals surface area contributed by atoms with Gasteiger partial charge in [0, 0.05) is 15.8 Å². The molecular formula is C18H23Cl2N3O3S. The highest BCUT2D eigenvalue weighted by atomic mass is 35.5. The van der Waals surface area contributed by atoms with Crippen LogP contribution in [0.5, 0.6) is 0 Å². The van der Waals surface area contributed by atoms with Gasteiger partial charge in [-0.15, -0.1) is 10.2 Å². The maximum absolute atomic E-state index is 12.1. The van der Waals surface area contributed by atoms with E-state index < -0.39 is 17.7 Å². The third kappa shape index (κ3) is 6.59. The molecule has 27 heavy (non-hydrogen) atoms. The first-order valence-corrected chi connectivity index (χ1v) is 10.2. The molecule has 9 heteroatoms. The summed E-state index contributed by atoms with van der Waals surface area (Å²) >= 11 is 13.7. The van der Waals surface area contributed by atoms with Crippen LogP contribution in [0.2, 0.25) is 10.0 Å². The van der Waals surface area contributed by atoms with Crippen LogP contribution in [0.4, 0.5) is 4.79 Å². The van der Waals surface area contributed by atoms with Crippen molar-refractivity contribution in [2.24, 2.45) is 5.92 Å². The molecule has 1 atom stereocenters. The second kappa shape index (κ2) is 9.17. The van der Waals surface area contributed by atoms with Crippen LogP contribution in [0, 0.1) is 5.92 Å². The van der Waals surface area contributed by atoms with Gasteiger partial charge in [-0.1, -0.05) is 54.9 Å². The van der Waals surface area contributed by atoms with E-state index in [9.17, 15) is 4.79 Å². The van der Waals surface area contributed by atoms with Crippen LogP contribution in [0.1, 0.15) is 52.1 Å². The van der Waals surface area contributed by atoms with Gasteiger partial charge >= 0.3 is 6.09 Å². The molecule has 0 saturated carbocycles. The summed E-state index contributed by atoms with van der Waals surface area (Å²) in [6, 6.07) is 4.90. The summed E-state index contributed by atoms with van der Waals surface area (Å²) in [5, 5.41) is 12.4. The molecule has 0 aliphatic rings. The van der Waals surface area contributed by atoms with Crippen LogP contribution in [-0.2, 0) is 10.5 Å². The molecule has 0 bridgehead atoms. The van der Waals surface area contributed by atoms with Crippen molar-refractivity contribution in [2.75, 3.05) is 0 Å². The van der Waals surface area contributed by atoms with Crippen molar-refractivity contribution >= 4 is 41.1 Å². The number of halogens is 2. The second-order valence-corrected chi connectivity index (χ2v) is 9.00. The maximum atomic E-state index is 12.1. The Bertz CT molecular complexity index is 770. The Morgan fingerprint density at radius 1 is 1.26 bits per heavy atom. The number of hydrogen-bond acceptors (Lipinski definition) is 6. The smallest absolute Gasteiger partial charge is 0.408 e. The molecule has 0 aliphatic heterocycles. The first kappa shape index (κ1) is 21.9. The first-order valence-electron chi connectivity index (χ1n) is 8.45. The zero-order valence-electron chi connectivity index (χ0n) is 15.9. The average molecular weight is 432 g/mol. The number of benzene rings is 1. The lowest BCUT2D eigenvalue weighted by molar-refractivity contribution is 0.0477. The van der Waals surface area contributed by atoms with Gasteiger partial charge in [-0.05, 0) is 44.4 Å². The molecule has 1 N–H and O–H groups in total. The van der Waals surface area contributed by atoms with Crippen molar-refractivity contribution in [3.05, 3.63) is 39.7 Å². The number of nitrogens with zero attached hydrogens (tertiary/aromatic N) is 2. The van der Waals surface area contributed by atoms with E-state index in [1.165, 1.54) is 11.8 Å². The predicted molar refractivity (Wildman–Crippen MR) is 107 cm³/mol. The van der Waals surface area contributed by atoms with E-state index in [0.29, 0.717) is 26.9 Å². The zero-order chi connectivity index (χ0) is 20.2. The molecule has 148 valence electrons. The molecule has 1 unspecified atom stereocenters. The summed E-state index contributed by atoms with van der Waals surface area (Å²) in [6.07, 6.45) is -0.531. The lowest BCUT2D eigenvalue weighted by atomic mass is 10.1. The van der Waals surface area contributed by atoms with Crippen LogP contribution < -0.4 is 5.32 Å². The van der Waals surface area contributed by atoms with Crippen molar-refractivity contribution < 1.29 is 13.9 Å². The number of carbonyl (C=O) groups is 1. The minimum absolute atomic E-state index is 0.0360. The lowest BCUT2D eigenvalue weighted by Gasteiger charge is -2.23. The van der Waals surface area contributed by atoms with Gasteiger partial charge in [-0.3, -0.25) is 0 Å². The van der Waals surface area contributed by atoms with Crippen LogP contribution in [-0.4, -0.2) is 21.9 Å². The number of aromatic nitrogens is 2. The van der Waals surface area contributed by atoms with E-state index in [2.05, 4.69) is 15.5 Å². The Labute approximate surface area is 173 Å². The lowest BCUT2D eigenvalue weighted by Crippen LogP contribution is -2.37. The van der Waals surface area contributed by atoms with Gasteiger partial charge in [-0.2, -0.15) is 0 Å². The molecule has 1 aromatic heterocycles. The number of nitrogens with one attached hydrogen (secondary N) is 1. The van der Waals surface area contributed by atoms with Crippen molar-refractivity contribution in [3.8, 4) is 0 Å². The molecule has 1 amide bonds. The Kier molecular flexibility index (Phi) is 7.42. The van der Waals surface area contributed by atoms with Gasteiger partial charge < -0.3 is 14.5 Å². The minimum Gasteiger partial charge on any atom is -0.444 e. The number of alkyl carbamates (subject to hydrolysis) is 1. The van der Waals surface area contributed by atoms with Crippen LogP contribution in [0.15, 0.2) is 27.8 Å². The molecule has 1 heterocycles. The number of ether oxygens (including phenoxy) is 1. The summed E-state index contributed by atoms with van der Waals surface area (Å²) < 4.78 is 11.0. The second-order valence-electron chi connectivity index (χ2n) is 7.26. The van der Waals surface area contributed by atoms with Crippen molar-refractivity contribution in [2.45, 2.75) is 57.2 Å². The van der Waals surface area contributed by atoms with Gasteiger partial charge in [-0.25, -0.2) is 4.79 Å². The van der Waals surface area contributed by atoms with E-state index in [1.807, 2.05) is 13.8 Å².